The van der Waals surface area contributed by atoms with Gasteiger partial charge in [0, 0.05) is 53.0 Å². The molecule has 0 bridgehead atoms. The molecule has 0 fully saturated rings. The Morgan fingerprint density at radius 1 is 0.357 bits per heavy atom. The Morgan fingerprint density at radius 3 is 0.949 bits per heavy atom. The molecule has 0 aromatic heterocycles. The van der Waals surface area contributed by atoms with Crippen LogP contribution in [0.4, 0.5) is 22.7 Å². The van der Waals surface area contributed by atoms with Crippen molar-refractivity contribution in [3.8, 4) is 11.5 Å². The molecule has 0 amide bonds. The second kappa shape index (κ2) is 40.1. The SMILES string of the molecule is CCCCCCC(CCCCCCCCCCCC(=O)C(CO)c1cc(Nc2ccc(O)c3c2C(=O)c2ccccc2C3=O)c(Br)cc1Br)C(CCCCCC)CCCCCCCCCCCC(=O)C(CO)c1cc(Nc2ccc(O)c3c2C(=O)c2ccccc2C3=O)c(Br)cc1Br. The lowest BCUT2D eigenvalue weighted by Gasteiger charge is -2.28. The molecule has 6 N–H and O–H groups in total. The van der Waals surface area contributed by atoms with Crippen LogP contribution in [0, 0.1) is 11.8 Å². The number of aliphatic hydroxyl groups excluding tert-OH is 2. The van der Waals surface area contributed by atoms with Crippen molar-refractivity contribution in [3.05, 3.63) is 171 Å². The zero-order valence-corrected chi connectivity index (χ0v) is 63.7. The summed E-state index contributed by atoms with van der Waals surface area (Å²) in [5, 5.41) is 49.2. The fourth-order valence-electron chi connectivity index (χ4n) is 14.6. The Morgan fingerprint density at radius 2 is 0.643 bits per heavy atom. The Labute approximate surface area is 614 Å². The van der Waals surface area contributed by atoms with Gasteiger partial charge in [-0.1, -0.05) is 274 Å². The summed E-state index contributed by atoms with van der Waals surface area (Å²) < 4.78 is 2.60. The number of hydrogen-bond donors (Lipinski definition) is 6. The summed E-state index contributed by atoms with van der Waals surface area (Å²) in [5.41, 5.74) is 4.07. The highest BCUT2D eigenvalue weighted by Gasteiger charge is 2.37. The normalized spacial score (nSPS) is 13.8. The average Bonchev–Trinajstić information content (AvgIpc) is 0.751. The van der Waals surface area contributed by atoms with Gasteiger partial charge in [-0.25, -0.2) is 0 Å². The van der Waals surface area contributed by atoms with Gasteiger partial charge in [-0.15, -0.1) is 0 Å². The maximum atomic E-state index is 13.8. The van der Waals surface area contributed by atoms with Gasteiger partial charge in [-0.05, 0) is 116 Å². The number of rotatable bonds is 45. The molecule has 4 atom stereocenters. The van der Waals surface area contributed by atoms with Crippen LogP contribution in [-0.4, -0.2) is 68.3 Å². The number of phenolic OH excluding ortho intramolecular Hbond substituents is 2. The molecule has 8 rings (SSSR count). The van der Waals surface area contributed by atoms with Crippen LogP contribution in [0.3, 0.4) is 0 Å². The van der Waals surface area contributed by atoms with Gasteiger partial charge >= 0.3 is 0 Å². The first-order valence-corrected chi connectivity index (χ1v) is 39.6. The molecule has 0 spiro atoms. The summed E-state index contributed by atoms with van der Waals surface area (Å²) >= 11 is 14.5. The molecule has 0 radical (unpaired) electrons. The van der Waals surface area contributed by atoms with Gasteiger partial charge in [0.15, 0.2) is 23.1 Å². The zero-order valence-electron chi connectivity index (χ0n) is 57.3. The molecule has 98 heavy (non-hydrogen) atoms. The number of carbonyl (C=O) groups excluding carboxylic acids is 6. The Bertz CT molecular complexity index is 3480. The second-order valence-corrected chi connectivity index (χ2v) is 30.6. The van der Waals surface area contributed by atoms with Gasteiger partial charge in [0.05, 0.1) is 70.1 Å². The lowest BCUT2D eigenvalue weighted by molar-refractivity contribution is -0.122. The predicted molar refractivity (Wildman–Crippen MR) is 409 cm³/mol. The first-order valence-electron chi connectivity index (χ1n) is 36.4. The molecule has 4 unspecified atom stereocenters. The number of hydrogen-bond acceptors (Lipinski definition) is 12. The second-order valence-electron chi connectivity index (χ2n) is 27.2. The molecular weight excluding hydrogens is 1490 g/mol. The third-order valence-electron chi connectivity index (χ3n) is 20.2. The van der Waals surface area contributed by atoms with Gasteiger partial charge in [-0.2, -0.15) is 0 Å². The van der Waals surface area contributed by atoms with E-state index in [9.17, 15) is 49.2 Å². The number of benzene rings is 6. The summed E-state index contributed by atoms with van der Waals surface area (Å²) in [5.74, 6) is -2.09. The standard InChI is InChI=1S/C82H100Br4N2O10/c1-3-5-7-23-33-53(35-25-19-15-11-9-13-17-21-27-41-71(91)61(51-89)59-47-69(65(85)49-63(59)83)87-67-43-45-73(93)77-75(67)79(95)55-37-29-31-39-57(55)81(77)97)54(34-24-8-6-4-2)36-26-20-16-12-10-14-18-22-28-42-72(92)62(52-90)60-48-70(66(86)50-64(60)84)88-68-44-46-74(94)78-76(68)80(96)56-38-30-32-40-58(56)82(78)98/h29-32,37-40,43-50,53-54,61-62,87-90,93-94H,3-28,33-36,41-42,51-52H2,1-2H3. The van der Waals surface area contributed by atoms with Crippen molar-refractivity contribution in [2.24, 2.45) is 11.8 Å². The van der Waals surface area contributed by atoms with E-state index in [-0.39, 0.29) is 92.4 Å². The van der Waals surface area contributed by atoms with Crippen molar-refractivity contribution >= 4 is 121 Å². The van der Waals surface area contributed by atoms with Crippen molar-refractivity contribution < 1.29 is 49.2 Å². The number of phenols is 2. The van der Waals surface area contributed by atoms with E-state index in [1.807, 2.05) is 0 Å². The van der Waals surface area contributed by atoms with Crippen LogP contribution in [-0.2, 0) is 9.59 Å². The number of Topliss-reactive ketones (excluding diaryl/α,β-unsaturated/α-hetero) is 2. The monoisotopic (exact) mass is 1590 g/mol. The first kappa shape index (κ1) is 78.1. The smallest absolute Gasteiger partial charge is 0.198 e. The molecule has 0 aliphatic heterocycles. The van der Waals surface area contributed by atoms with E-state index in [0.717, 1.165) is 63.2 Å². The number of anilines is 4. The van der Waals surface area contributed by atoms with E-state index in [1.165, 1.54) is 153 Å². The number of aromatic hydroxyl groups is 2. The lowest BCUT2D eigenvalue weighted by atomic mass is 9.78. The summed E-state index contributed by atoms with van der Waals surface area (Å²) in [6.07, 6.45) is 37.2. The van der Waals surface area contributed by atoms with Crippen LogP contribution in [0.15, 0.2) is 115 Å². The topological polar surface area (TPSA) is 207 Å². The summed E-state index contributed by atoms with van der Waals surface area (Å²) in [6.45, 7) is 3.90. The first-order chi connectivity index (χ1) is 47.5. The molecular formula is C82H100Br4N2O10. The van der Waals surface area contributed by atoms with Crippen LogP contribution >= 0.6 is 63.7 Å². The van der Waals surface area contributed by atoms with Crippen molar-refractivity contribution in [2.75, 3.05) is 23.8 Å². The number of carbonyl (C=O) groups is 6. The van der Waals surface area contributed by atoms with Crippen molar-refractivity contribution in [2.45, 2.75) is 231 Å². The van der Waals surface area contributed by atoms with Crippen molar-refractivity contribution in [1.29, 1.82) is 0 Å². The van der Waals surface area contributed by atoms with E-state index >= 15 is 0 Å². The van der Waals surface area contributed by atoms with Crippen molar-refractivity contribution in [3.63, 3.8) is 0 Å². The fourth-order valence-corrected chi connectivity index (χ4v) is 17.4. The highest BCUT2D eigenvalue weighted by atomic mass is 79.9. The molecule has 0 saturated heterocycles. The molecule has 2 aliphatic carbocycles. The molecule has 6 aromatic carbocycles. The largest absolute Gasteiger partial charge is 0.507 e. The van der Waals surface area contributed by atoms with Crippen LogP contribution < -0.4 is 10.6 Å². The molecule has 6 aromatic rings. The van der Waals surface area contributed by atoms with Gasteiger partial charge in [-0.3, -0.25) is 28.8 Å². The number of nitrogens with one attached hydrogen (secondary N) is 2. The molecule has 2 aliphatic rings. The van der Waals surface area contributed by atoms with E-state index in [0.29, 0.717) is 64.6 Å². The quantitative estimate of drug-likeness (QED) is 0.0156. The maximum absolute atomic E-state index is 13.8. The van der Waals surface area contributed by atoms with Crippen molar-refractivity contribution in [1.82, 2.24) is 0 Å². The lowest BCUT2D eigenvalue weighted by Crippen LogP contribution is -2.22. The highest BCUT2D eigenvalue weighted by molar-refractivity contribution is 9.11. The highest BCUT2D eigenvalue weighted by Crippen LogP contribution is 2.44. The minimum absolute atomic E-state index is 0.0321. The fraction of sp³-hybridized carbons (Fsp3) is 0.488. The van der Waals surface area contributed by atoms with Crippen LogP contribution in [0.2, 0.25) is 0 Å². The summed E-state index contributed by atoms with van der Waals surface area (Å²) in [4.78, 5) is 82.0. The van der Waals surface area contributed by atoms with Crippen LogP contribution in [0.25, 0.3) is 0 Å². The minimum atomic E-state index is -0.750. The molecule has 0 saturated carbocycles. The molecule has 0 heterocycles. The van der Waals surface area contributed by atoms with Gasteiger partial charge in [0.2, 0.25) is 0 Å². The van der Waals surface area contributed by atoms with Crippen LogP contribution in [0.5, 0.6) is 11.5 Å². The van der Waals surface area contributed by atoms with E-state index in [1.54, 1.807) is 84.9 Å². The van der Waals surface area contributed by atoms with Gasteiger partial charge in [0.1, 0.15) is 23.1 Å². The number of halogens is 4. The third-order valence-corrected chi connectivity index (χ3v) is 22.9. The maximum Gasteiger partial charge on any atom is 0.198 e. The predicted octanol–water partition coefficient (Wildman–Crippen LogP) is 22.9. The number of unbranched alkanes of at least 4 members (excludes halogenated alkanes) is 22. The van der Waals surface area contributed by atoms with E-state index in [4.69, 9.17) is 0 Å². The average molecular weight is 1590 g/mol. The summed E-state index contributed by atoms with van der Waals surface area (Å²) in [7, 11) is 0. The molecule has 12 nitrogen and oxygen atoms in total. The van der Waals surface area contributed by atoms with E-state index < -0.39 is 23.4 Å². The molecule has 526 valence electrons. The van der Waals surface area contributed by atoms with E-state index in [2.05, 4.69) is 88.2 Å². The number of fused-ring (bicyclic) bond motifs is 4. The number of ketones is 6. The van der Waals surface area contributed by atoms with Crippen LogP contribution in [0.1, 0.15) is 306 Å². The Kier molecular flexibility index (Phi) is 32.0. The zero-order chi connectivity index (χ0) is 70.1. The van der Waals surface area contributed by atoms with Gasteiger partial charge in [0.25, 0.3) is 0 Å². The summed E-state index contributed by atoms with van der Waals surface area (Å²) in [6, 6.07) is 26.3. The van der Waals surface area contributed by atoms with Gasteiger partial charge < -0.3 is 31.1 Å². The third kappa shape index (κ3) is 20.8. The Hall–Kier alpha value is -5.62. The molecule has 16 heteroatoms. The Balaban J connectivity index is 0.711. The minimum Gasteiger partial charge on any atom is -0.507 e. The number of aliphatic hydroxyl groups is 2.